The Morgan fingerprint density at radius 3 is 2.18 bits per heavy atom. The van der Waals surface area contributed by atoms with Gasteiger partial charge in [0.15, 0.2) is 5.78 Å². The summed E-state index contributed by atoms with van der Waals surface area (Å²) in [5.74, 6) is -2.81. The number of benzene rings is 1. The number of aromatic amines is 1. The maximum absolute atomic E-state index is 13.3. The first kappa shape index (κ1) is 26.1. The molecule has 33 heavy (non-hydrogen) atoms. The van der Waals surface area contributed by atoms with Crippen LogP contribution in [0.2, 0.25) is 0 Å². The molecule has 0 aliphatic carbocycles. The molecule has 3 N–H and O–H groups in total. The van der Waals surface area contributed by atoms with Gasteiger partial charge in [-0.1, -0.05) is 31.2 Å². The van der Waals surface area contributed by atoms with E-state index in [1.165, 1.54) is 5.56 Å². The number of H-pyrrole nitrogens is 1. The molecule has 180 valence electrons. The molecule has 1 amide bonds. The van der Waals surface area contributed by atoms with Crippen LogP contribution in [0.3, 0.4) is 0 Å². The number of Topliss-reactive ketones (excluding diaryl/α,β-unsaturated/α-hetero) is 1. The zero-order valence-corrected chi connectivity index (χ0v) is 19.0. The van der Waals surface area contributed by atoms with E-state index in [0.29, 0.717) is 17.8 Å². The molecule has 1 saturated heterocycles. The number of carbonyl (C=O) groups is 3. The van der Waals surface area contributed by atoms with E-state index in [9.17, 15) is 22.8 Å². The number of carbonyl (C=O) groups excluding carboxylic acids is 2. The van der Waals surface area contributed by atoms with Gasteiger partial charge in [0, 0.05) is 30.9 Å². The zero-order valence-electron chi connectivity index (χ0n) is 19.0. The molecule has 0 saturated carbocycles. The van der Waals surface area contributed by atoms with Crippen LogP contribution >= 0.6 is 0 Å². The van der Waals surface area contributed by atoms with E-state index in [1.54, 1.807) is 6.92 Å². The van der Waals surface area contributed by atoms with Gasteiger partial charge < -0.3 is 20.3 Å². The van der Waals surface area contributed by atoms with Crippen LogP contribution in [0.25, 0.3) is 0 Å². The smallest absolute Gasteiger partial charge is 0.475 e. The van der Waals surface area contributed by atoms with Crippen LogP contribution in [-0.2, 0) is 11.2 Å². The van der Waals surface area contributed by atoms with Crippen molar-refractivity contribution in [3.8, 4) is 0 Å². The van der Waals surface area contributed by atoms with Crippen LogP contribution < -0.4 is 5.32 Å². The molecule has 0 bridgehead atoms. The molecule has 1 fully saturated rings. The number of nitrogens with zero attached hydrogens (tertiary/aromatic N) is 1. The SMILES string of the molecule is CCc1ccc(C2CNCCN2C(=O)c2[nH]c(C)c(C(C)=O)c2C)cc1.O=C(O)C(F)(F)F. The number of hydrogen-bond donors (Lipinski definition) is 3. The van der Waals surface area contributed by atoms with Crippen LogP contribution in [0.15, 0.2) is 24.3 Å². The number of piperazine rings is 1. The molecule has 1 aromatic heterocycles. The number of aryl methyl sites for hydroxylation is 2. The highest BCUT2D eigenvalue weighted by atomic mass is 19.4. The summed E-state index contributed by atoms with van der Waals surface area (Å²) in [4.78, 5) is 39.1. The minimum absolute atomic E-state index is 0.00839. The Bertz CT molecular complexity index is 1010. The van der Waals surface area contributed by atoms with Crippen molar-refractivity contribution in [1.82, 2.24) is 15.2 Å². The summed E-state index contributed by atoms with van der Waals surface area (Å²) in [6, 6.07) is 8.48. The van der Waals surface area contributed by atoms with Crippen LogP contribution in [0, 0.1) is 13.8 Å². The third-order valence-electron chi connectivity index (χ3n) is 5.52. The highest BCUT2D eigenvalue weighted by Gasteiger charge is 2.38. The lowest BCUT2D eigenvalue weighted by Gasteiger charge is -2.36. The molecular weight excluding hydrogens is 439 g/mol. The van der Waals surface area contributed by atoms with Crippen molar-refractivity contribution >= 4 is 17.7 Å². The van der Waals surface area contributed by atoms with Crippen LogP contribution in [0.5, 0.6) is 0 Å². The summed E-state index contributed by atoms with van der Waals surface area (Å²) in [7, 11) is 0. The summed E-state index contributed by atoms with van der Waals surface area (Å²) in [5.41, 5.74) is 5.10. The normalized spacial score (nSPS) is 16.1. The Morgan fingerprint density at radius 2 is 1.73 bits per heavy atom. The standard InChI is InChI=1S/C21H27N3O2.C2HF3O2/c1-5-16-6-8-17(9-7-16)18-12-22-10-11-24(18)21(26)20-13(2)19(15(4)25)14(3)23-20;3-2(4,5)1(6)7/h6-9,18,22-23H,5,10-12H2,1-4H3;(H,6,7). The molecule has 10 heteroatoms. The number of aromatic nitrogens is 1. The predicted octanol–water partition coefficient (Wildman–Crippen LogP) is 3.82. The third kappa shape index (κ3) is 6.22. The summed E-state index contributed by atoms with van der Waals surface area (Å²) in [5, 5.41) is 10.5. The lowest BCUT2D eigenvalue weighted by Crippen LogP contribution is -2.49. The fourth-order valence-corrected chi connectivity index (χ4v) is 3.86. The second-order valence-electron chi connectivity index (χ2n) is 7.80. The van der Waals surface area contributed by atoms with Crippen molar-refractivity contribution in [3.63, 3.8) is 0 Å². The largest absolute Gasteiger partial charge is 0.490 e. The Balaban J connectivity index is 0.000000479. The Kier molecular flexibility index (Phi) is 8.43. The van der Waals surface area contributed by atoms with E-state index in [4.69, 9.17) is 9.90 Å². The van der Waals surface area contributed by atoms with Gasteiger partial charge in [-0.15, -0.1) is 0 Å². The van der Waals surface area contributed by atoms with Gasteiger partial charge in [-0.2, -0.15) is 13.2 Å². The highest BCUT2D eigenvalue weighted by molar-refractivity contribution is 6.02. The third-order valence-corrected chi connectivity index (χ3v) is 5.52. The summed E-state index contributed by atoms with van der Waals surface area (Å²) < 4.78 is 31.7. The number of aliphatic carboxylic acids is 1. The molecule has 1 aliphatic rings. The summed E-state index contributed by atoms with van der Waals surface area (Å²) in [6.07, 6.45) is -4.08. The van der Waals surface area contributed by atoms with E-state index < -0.39 is 12.1 Å². The predicted molar refractivity (Wildman–Crippen MR) is 116 cm³/mol. The fourth-order valence-electron chi connectivity index (χ4n) is 3.86. The van der Waals surface area contributed by atoms with Crippen molar-refractivity contribution in [3.05, 3.63) is 57.9 Å². The first-order valence-corrected chi connectivity index (χ1v) is 10.5. The molecule has 0 spiro atoms. The molecule has 2 heterocycles. The lowest BCUT2D eigenvalue weighted by atomic mass is 10.00. The molecule has 2 aromatic rings. The Morgan fingerprint density at radius 1 is 1.15 bits per heavy atom. The number of carboxylic acids is 1. The van der Waals surface area contributed by atoms with Crippen molar-refractivity contribution in [2.45, 2.75) is 46.3 Å². The Hall–Kier alpha value is -3.14. The van der Waals surface area contributed by atoms with Crippen molar-refractivity contribution < 1.29 is 32.7 Å². The number of amides is 1. The van der Waals surface area contributed by atoms with Crippen LogP contribution in [-0.4, -0.2) is 58.5 Å². The van der Waals surface area contributed by atoms with Gasteiger partial charge in [0.25, 0.3) is 5.91 Å². The van der Waals surface area contributed by atoms with Crippen LogP contribution in [0.4, 0.5) is 13.2 Å². The average molecular weight is 467 g/mol. The van der Waals surface area contributed by atoms with Crippen molar-refractivity contribution in [2.24, 2.45) is 0 Å². The van der Waals surface area contributed by atoms with E-state index in [1.807, 2.05) is 18.7 Å². The maximum Gasteiger partial charge on any atom is 0.490 e. The van der Waals surface area contributed by atoms with E-state index in [2.05, 4.69) is 41.5 Å². The molecule has 1 aliphatic heterocycles. The van der Waals surface area contributed by atoms with Gasteiger partial charge in [0.1, 0.15) is 5.69 Å². The van der Waals surface area contributed by atoms with Gasteiger partial charge in [0.2, 0.25) is 0 Å². The van der Waals surface area contributed by atoms with E-state index in [-0.39, 0.29) is 17.7 Å². The zero-order chi connectivity index (χ0) is 24.9. The molecule has 1 aromatic carbocycles. The summed E-state index contributed by atoms with van der Waals surface area (Å²) in [6.45, 7) is 9.52. The highest BCUT2D eigenvalue weighted by Crippen LogP contribution is 2.27. The molecule has 1 atom stereocenters. The van der Waals surface area contributed by atoms with E-state index in [0.717, 1.165) is 36.3 Å². The molecule has 3 rings (SSSR count). The number of halogens is 3. The van der Waals surface area contributed by atoms with Crippen molar-refractivity contribution in [1.29, 1.82) is 0 Å². The minimum atomic E-state index is -5.08. The van der Waals surface area contributed by atoms with Gasteiger partial charge >= 0.3 is 12.1 Å². The van der Waals surface area contributed by atoms with E-state index >= 15 is 0 Å². The number of ketones is 1. The number of hydrogen-bond acceptors (Lipinski definition) is 4. The quantitative estimate of drug-likeness (QED) is 0.594. The first-order valence-electron chi connectivity index (χ1n) is 10.5. The number of carboxylic acid groups (broad SMARTS) is 1. The van der Waals surface area contributed by atoms with Gasteiger partial charge in [-0.25, -0.2) is 4.79 Å². The van der Waals surface area contributed by atoms with Crippen LogP contribution in [0.1, 0.15) is 63.1 Å². The molecule has 0 radical (unpaired) electrons. The maximum atomic E-state index is 13.3. The Labute approximate surface area is 190 Å². The topological polar surface area (TPSA) is 103 Å². The number of alkyl halides is 3. The average Bonchev–Trinajstić information content (AvgIpc) is 3.07. The van der Waals surface area contributed by atoms with Gasteiger partial charge in [0.05, 0.1) is 6.04 Å². The molecule has 7 nitrogen and oxygen atoms in total. The second kappa shape index (κ2) is 10.7. The first-order chi connectivity index (χ1) is 15.4. The van der Waals surface area contributed by atoms with Crippen molar-refractivity contribution in [2.75, 3.05) is 19.6 Å². The lowest BCUT2D eigenvalue weighted by molar-refractivity contribution is -0.192. The van der Waals surface area contributed by atoms with Gasteiger partial charge in [-0.3, -0.25) is 9.59 Å². The summed E-state index contributed by atoms with van der Waals surface area (Å²) >= 11 is 0. The number of nitrogens with one attached hydrogen (secondary N) is 2. The van der Waals surface area contributed by atoms with Gasteiger partial charge in [-0.05, 0) is 43.9 Å². The second-order valence-corrected chi connectivity index (χ2v) is 7.80. The molecule has 1 unspecified atom stereocenters. The molecular formula is C23H28F3N3O4. The number of rotatable bonds is 4. The minimum Gasteiger partial charge on any atom is -0.475 e. The fraction of sp³-hybridized carbons (Fsp3) is 0.435. The monoisotopic (exact) mass is 467 g/mol.